The number of hydrazine groups is 1. The Hall–Kier alpha value is -4.80. The normalized spacial score (nSPS) is 24.6. The number of piperidine rings is 1. The molecule has 4 aliphatic rings. The summed E-state index contributed by atoms with van der Waals surface area (Å²) in [6.07, 6.45) is 6.07. The first-order valence-corrected chi connectivity index (χ1v) is 19.6. The molecule has 280 valence electrons. The van der Waals surface area contributed by atoms with Gasteiger partial charge in [-0.05, 0) is 108 Å². The number of aryl methyl sites for hydroxylation is 1. The highest BCUT2D eigenvalue weighted by atomic mass is 16.5. The predicted molar refractivity (Wildman–Crippen MR) is 205 cm³/mol. The van der Waals surface area contributed by atoms with Gasteiger partial charge in [-0.2, -0.15) is 5.26 Å². The molecule has 5 atom stereocenters. The number of rotatable bonds is 10. The minimum atomic E-state index is 0.0230. The zero-order valence-corrected chi connectivity index (χ0v) is 31.0. The number of hydrogen-bond acceptors (Lipinski definition) is 10. The number of likely N-dealkylation sites (tertiary alicyclic amines) is 1. The quantitative estimate of drug-likeness (QED) is 0.150. The first-order chi connectivity index (χ1) is 26.4. The Labute approximate surface area is 315 Å². The average molecular weight is 729 g/mol. The van der Waals surface area contributed by atoms with Crippen molar-refractivity contribution in [2.24, 2.45) is 11.8 Å². The lowest BCUT2D eigenvalue weighted by Crippen LogP contribution is -2.38. The maximum Gasteiger partial charge on any atom is 0.227 e. The van der Waals surface area contributed by atoms with E-state index in [4.69, 9.17) is 23.9 Å². The molecule has 3 saturated heterocycles. The summed E-state index contributed by atoms with van der Waals surface area (Å²) in [5.74, 6) is 3.34. The van der Waals surface area contributed by atoms with Crippen LogP contribution in [0.1, 0.15) is 79.8 Å². The van der Waals surface area contributed by atoms with Crippen molar-refractivity contribution in [3.05, 3.63) is 83.0 Å². The number of aromatic nitrogens is 3. The van der Waals surface area contributed by atoms with Crippen LogP contribution in [0.15, 0.2) is 59.0 Å². The lowest BCUT2D eigenvalue weighted by atomic mass is 9.76. The van der Waals surface area contributed by atoms with E-state index in [-0.39, 0.29) is 17.9 Å². The molecule has 4 unspecified atom stereocenters. The third kappa shape index (κ3) is 6.97. The van der Waals surface area contributed by atoms with E-state index in [0.717, 1.165) is 116 Å². The van der Waals surface area contributed by atoms with Crippen LogP contribution in [0, 0.1) is 30.1 Å². The van der Waals surface area contributed by atoms with Gasteiger partial charge in [-0.15, -0.1) is 0 Å². The summed E-state index contributed by atoms with van der Waals surface area (Å²) in [6.45, 7) is 8.62. The molecule has 3 N–H and O–H groups in total. The van der Waals surface area contributed by atoms with Gasteiger partial charge in [0, 0.05) is 58.9 Å². The van der Waals surface area contributed by atoms with Gasteiger partial charge < -0.3 is 23.8 Å². The molecule has 0 bridgehead atoms. The Morgan fingerprint density at radius 1 is 1.06 bits per heavy atom. The molecule has 1 saturated carbocycles. The number of anilines is 1. The Bertz CT molecular complexity index is 2210. The van der Waals surface area contributed by atoms with Gasteiger partial charge in [0.2, 0.25) is 11.8 Å². The van der Waals surface area contributed by atoms with E-state index in [1.54, 1.807) is 0 Å². The predicted octanol–water partition coefficient (Wildman–Crippen LogP) is 6.32. The van der Waals surface area contributed by atoms with Crippen molar-refractivity contribution in [2.75, 3.05) is 25.0 Å². The van der Waals surface area contributed by atoms with E-state index in [2.05, 4.69) is 50.8 Å². The zero-order valence-electron chi connectivity index (χ0n) is 31.0. The molecule has 1 amide bonds. The molecule has 4 fully saturated rings. The molecule has 6 heterocycles. The van der Waals surface area contributed by atoms with Crippen LogP contribution in [-0.4, -0.2) is 63.2 Å². The van der Waals surface area contributed by atoms with Crippen LogP contribution in [0.5, 0.6) is 5.88 Å². The standard InChI is InChI=1S/C42H48N8O4/c1-25-18-34-29(21-43)6-7-30(41(34)54-25)24-53-40-5-3-4-35(46-40)27-12-15-49(16-13-27)23-39-45-37-20-31(9-11-38(37)50(39)22-32-14-17-52-32)44-42(51)28-8-10-36-33(19-28)26(2)47-48-36/h3-7,9,11,18,20,26-28,32-33,36,47-48H,8,10,12-17,19,22-24H2,1-2H3,(H,44,51)/t26?,28?,32-,33?,36?/m0/s1. The summed E-state index contributed by atoms with van der Waals surface area (Å²) >= 11 is 0. The average Bonchev–Trinajstić information content (AvgIpc) is 3.85. The number of furan rings is 1. The Morgan fingerprint density at radius 2 is 1.93 bits per heavy atom. The molecule has 3 aliphatic heterocycles. The molecule has 0 spiro atoms. The highest BCUT2D eigenvalue weighted by molar-refractivity contribution is 5.94. The van der Waals surface area contributed by atoms with Gasteiger partial charge in [0.1, 0.15) is 23.8 Å². The number of fused-ring (bicyclic) bond motifs is 3. The summed E-state index contributed by atoms with van der Waals surface area (Å²) in [5, 5.41) is 13.5. The lowest BCUT2D eigenvalue weighted by Gasteiger charge is -2.32. The van der Waals surface area contributed by atoms with E-state index in [0.29, 0.717) is 47.6 Å². The van der Waals surface area contributed by atoms with E-state index in [1.165, 1.54) is 0 Å². The molecule has 9 rings (SSSR count). The zero-order chi connectivity index (χ0) is 36.8. The fourth-order valence-electron chi connectivity index (χ4n) is 8.97. The van der Waals surface area contributed by atoms with Gasteiger partial charge in [0.25, 0.3) is 0 Å². The minimum absolute atomic E-state index is 0.0230. The van der Waals surface area contributed by atoms with Gasteiger partial charge in [0.15, 0.2) is 0 Å². The van der Waals surface area contributed by atoms with Crippen molar-refractivity contribution in [3.8, 4) is 11.9 Å². The molecule has 5 aromatic rings. The summed E-state index contributed by atoms with van der Waals surface area (Å²) in [7, 11) is 0. The van der Waals surface area contributed by atoms with Gasteiger partial charge in [-0.3, -0.25) is 20.5 Å². The molecule has 1 aliphatic carbocycles. The van der Waals surface area contributed by atoms with Crippen molar-refractivity contribution in [2.45, 2.75) is 96.2 Å². The van der Waals surface area contributed by atoms with Crippen molar-refractivity contribution in [1.82, 2.24) is 30.3 Å². The van der Waals surface area contributed by atoms with Crippen LogP contribution < -0.4 is 20.9 Å². The fraction of sp³-hybridized carbons (Fsp3) is 0.476. The molecule has 54 heavy (non-hydrogen) atoms. The molecular weight excluding hydrogens is 681 g/mol. The molecule has 12 nitrogen and oxygen atoms in total. The highest BCUT2D eigenvalue weighted by Crippen LogP contribution is 2.35. The van der Waals surface area contributed by atoms with Gasteiger partial charge in [-0.1, -0.05) is 12.1 Å². The number of pyridine rings is 1. The molecule has 2 aromatic carbocycles. The Morgan fingerprint density at radius 3 is 2.74 bits per heavy atom. The van der Waals surface area contributed by atoms with Crippen LogP contribution in [0.2, 0.25) is 0 Å². The van der Waals surface area contributed by atoms with Gasteiger partial charge in [-0.25, -0.2) is 9.97 Å². The summed E-state index contributed by atoms with van der Waals surface area (Å²) in [4.78, 5) is 26.0. The molecular formula is C42H48N8O4. The van der Waals surface area contributed by atoms with Crippen LogP contribution >= 0.6 is 0 Å². The SMILES string of the molecule is Cc1cc2c(C#N)ccc(COc3cccc(C4CCN(Cc5nc6cc(NC(=O)C7CCC8NNC(C)C8C7)ccc6n5C[C@@H]5CCO5)CC4)n3)c2o1. The fourth-order valence-corrected chi connectivity index (χ4v) is 8.97. The van der Waals surface area contributed by atoms with Gasteiger partial charge in [0.05, 0.1) is 41.9 Å². The number of nitriles is 1. The monoisotopic (exact) mass is 728 g/mol. The van der Waals surface area contributed by atoms with Crippen molar-refractivity contribution < 1.29 is 18.7 Å². The first-order valence-electron chi connectivity index (χ1n) is 19.6. The smallest absolute Gasteiger partial charge is 0.227 e. The molecule has 12 heteroatoms. The van der Waals surface area contributed by atoms with E-state index >= 15 is 0 Å². The largest absolute Gasteiger partial charge is 0.473 e. The van der Waals surface area contributed by atoms with E-state index in [9.17, 15) is 10.1 Å². The number of nitrogens with zero attached hydrogens (tertiary/aromatic N) is 5. The number of ether oxygens (including phenoxy) is 2. The van der Waals surface area contributed by atoms with Crippen molar-refractivity contribution >= 4 is 33.6 Å². The number of carbonyl (C=O) groups excluding carboxylic acids is 1. The third-order valence-electron chi connectivity index (χ3n) is 12.2. The minimum Gasteiger partial charge on any atom is -0.473 e. The lowest BCUT2D eigenvalue weighted by molar-refractivity contribution is -0.121. The van der Waals surface area contributed by atoms with Crippen LogP contribution in [0.3, 0.4) is 0 Å². The number of hydrogen-bond donors (Lipinski definition) is 3. The van der Waals surface area contributed by atoms with Crippen molar-refractivity contribution in [3.63, 3.8) is 0 Å². The maximum atomic E-state index is 13.4. The van der Waals surface area contributed by atoms with Crippen LogP contribution in [0.25, 0.3) is 22.0 Å². The highest BCUT2D eigenvalue weighted by Gasteiger charge is 2.40. The Balaban J connectivity index is 0.844. The second-order valence-electron chi connectivity index (χ2n) is 15.7. The number of benzene rings is 2. The van der Waals surface area contributed by atoms with Gasteiger partial charge >= 0.3 is 0 Å². The third-order valence-corrected chi connectivity index (χ3v) is 12.2. The second kappa shape index (κ2) is 14.8. The Kier molecular flexibility index (Phi) is 9.57. The maximum absolute atomic E-state index is 13.4. The summed E-state index contributed by atoms with van der Waals surface area (Å²) in [5.41, 5.74) is 12.8. The van der Waals surface area contributed by atoms with Crippen molar-refractivity contribution in [1.29, 1.82) is 5.26 Å². The van der Waals surface area contributed by atoms with Crippen LogP contribution in [0.4, 0.5) is 5.69 Å². The number of carbonyl (C=O) groups is 1. The first kappa shape index (κ1) is 34.9. The topological polar surface area (TPSA) is 142 Å². The second-order valence-corrected chi connectivity index (χ2v) is 15.7. The van der Waals surface area contributed by atoms with E-state index in [1.807, 2.05) is 49.4 Å². The molecule has 0 radical (unpaired) electrons. The summed E-state index contributed by atoms with van der Waals surface area (Å²) < 4.78 is 20.3. The number of amides is 1. The number of nitrogens with one attached hydrogen (secondary N) is 3. The number of imidazole rings is 1. The van der Waals surface area contributed by atoms with E-state index < -0.39 is 0 Å². The molecule has 3 aromatic heterocycles. The summed E-state index contributed by atoms with van der Waals surface area (Å²) in [6, 6.07) is 20.9. The van der Waals surface area contributed by atoms with Crippen LogP contribution in [-0.2, 0) is 29.2 Å².